The van der Waals surface area contributed by atoms with Crippen molar-refractivity contribution in [1.29, 1.82) is 0 Å². The van der Waals surface area contributed by atoms with E-state index < -0.39 is 9.84 Å². The van der Waals surface area contributed by atoms with E-state index in [1.54, 1.807) is 47.1 Å². The number of benzene rings is 1. The Morgan fingerprint density at radius 2 is 1.77 bits per heavy atom. The second-order valence-corrected chi connectivity index (χ2v) is 9.82. The fourth-order valence-electron chi connectivity index (χ4n) is 4.08. The molecule has 2 aliphatic heterocycles. The number of rotatable bonds is 6. The van der Waals surface area contributed by atoms with Gasteiger partial charge in [-0.25, -0.2) is 13.2 Å². The van der Waals surface area contributed by atoms with Crippen LogP contribution in [0.2, 0.25) is 0 Å². The Balaban J connectivity index is 1.50. The molecule has 0 spiro atoms. The minimum absolute atomic E-state index is 0.0194. The summed E-state index contributed by atoms with van der Waals surface area (Å²) in [5.41, 5.74) is 0. The van der Waals surface area contributed by atoms with Crippen molar-refractivity contribution in [2.45, 2.75) is 37.1 Å². The van der Waals surface area contributed by atoms with Crippen molar-refractivity contribution in [3.05, 3.63) is 30.3 Å². The van der Waals surface area contributed by atoms with E-state index in [0.29, 0.717) is 37.6 Å². The molecular weight excluding hydrogens is 406 g/mol. The van der Waals surface area contributed by atoms with Crippen LogP contribution in [0.1, 0.15) is 26.2 Å². The number of amides is 2. The van der Waals surface area contributed by atoms with E-state index in [9.17, 15) is 18.0 Å². The van der Waals surface area contributed by atoms with Crippen LogP contribution in [0, 0.1) is 0 Å². The summed E-state index contributed by atoms with van der Waals surface area (Å²) < 4.78 is 30.1. The number of carbonyl (C=O) groups excluding carboxylic acids is 2. The van der Waals surface area contributed by atoms with Crippen molar-refractivity contribution in [3.63, 3.8) is 0 Å². The third kappa shape index (κ3) is 5.72. The molecule has 0 radical (unpaired) electrons. The average molecular weight is 438 g/mol. The predicted molar refractivity (Wildman–Crippen MR) is 113 cm³/mol. The highest BCUT2D eigenvalue weighted by atomic mass is 32.2. The smallest absolute Gasteiger partial charge is 0.409 e. The minimum atomic E-state index is -3.40. The zero-order chi connectivity index (χ0) is 21.6. The van der Waals surface area contributed by atoms with Gasteiger partial charge < -0.3 is 14.5 Å². The summed E-state index contributed by atoms with van der Waals surface area (Å²) in [6.07, 6.45) is 1.74. The molecule has 1 aromatic carbocycles. The van der Waals surface area contributed by atoms with Crippen LogP contribution in [-0.4, -0.2) is 92.8 Å². The molecule has 2 amide bonds. The Bertz CT molecular complexity index is 822. The van der Waals surface area contributed by atoms with Crippen LogP contribution in [0.25, 0.3) is 0 Å². The molecular formula is C21H31N3O5S. The number of sulfone groups is 1. The highest BCUT2D eigenvalue weighted by Gasteiger charge is 2.30. The number of hydrogen-bond donors (Lipinski definition) is 0. The van der Waals surface area contributed by atoms with Crippen molar-refractivity contribution in [2.75, 3.05) is 51.6 Å². The summed E-state index contributed by atoms with van der Waals surface area (Å²) in [6, 6.07) is 8.64. The van der Waals surface area contributed by atoms with Gasteiger partial charge >= 0.3 is 6.09 Å². The topological polar surface area (TPSA) is 87.2 Å². The van der Waals surface area contributed by atoms with E-state index in [1.165, 1.54) is 0 Å². The van der Waals surface area contributed by atoms with Crippen LogP contribution >= 0.6 is 0 Å². The summed E-state index contributed by atoms with van der Waals surface area (Å²) in [4.78, 5) is 30.5. The van der Waals surface area contributed by atoms with Crippen LogP contribution in [0.3, 0.4) is 0 Å². The number of ether oxygens (including phenoxy) is 1. The Labute approximate surface area is 178 Å². The van der Waals surface area contributed by atoms with Crippen molar-refractivity contribution >= 4 is 21.8 Å². The standard InChI is InChI=1S/C21H31N3O5S/c1-2-29-21(26)24-14-12-22(13-15-24)18-8-9-20(25)23(11-10-18)16-17-30(27,28)19-6-4-3-5-7-19/h3-7,18H,2,8-17H2,1H3. The van der Waals surface area contributed by atoms with Crippen molar-refractivity contribution < 1.29 is 22.7 Å². The van der Waals surface area contributed by atoms with Gasteiger partial charge in [0.25, 0.3) is 0 Å². The lowest BCUT2D eigenvalue weighted by Gasteiger charge is -2.38. The maximum atomic E-state index is 12.6. The molecule has 1 atom stereocenters. The molecule has 2 aliphatic rings. The summed E-state index contributed by atoms with van der Waals surface area (Å²) >= 11 is 0. The second-order valence-electron chi connectivity index (χ2n) is 7.72. The molecule has 0 aliphatic carbocycles. The lowest BCUT2D eigenvalue weighted by atomic mass is 10.1. The fraction of sp³-hybridized carbons (Fsp3) is 0.619. The molecule has 0 bridgehead atoms. The maximum absolute atomic E-state index is 12.6. The first-order valence-corrected chi connectivity index (χ1v) is 12.3. The molecule has 166 valence electrons. The van der Waals surface area contributed by atoms with Gasteiger partial charge in [0.15, 0.2) is 9.84 Å². The van der Waals surface area contributed by atoms with E-state index in [4.69, 9.17) is 4.74 Å². The lowest BCUT2D eigenvalue weighted by molar-refractivity contribution is -0.130. The van der Waals surface area contributed by atoms with Crippen LogP contribution < -0.4 is 0 Å². The first-order valence-electron chi connectivity index (χ1n) is 10.6. The Morgan fingerprint density at radius 1 is 1.07 bits per heavy atom. The van der Waals surface area contributed by atoms with Gasteiger partial charge in [-0.05, 0) is 31.9 Å². The molecule has 8 nitrogen and oxygen atoms in total. The molecule has 0 N–H and O–H groups in total. The molecule has 0 saturated carbocycles. The maximum Gasteiger partial charge on any atom is 0.409 e. The lowest BCUT2D eigenvalue weighted by Crippen LogP contribution is -2.52. The number of carbonyl (C=O) groups is 2. The number of nitrogens with zero attached hydrogens (tertiary/aromatic N) is 3. The van der Waals surface area contributed by atoms with Gasteiger partial charge in [-0.2, -0.15) is 0 Å². The van der Waals surface area contributed by atoms with Gasteiger partial charge in [0.05, 0.1) is 17.3 Å². The highest BCUT2D eigenvalue weighted by Crippen LogP contribution is 2.20. The zero-order valence-electron chi connectivity index (χ0n) is 17.5. The summed E-state index contributed by atoms with van der Waals surface area (Å²) in [7, 11) is -3.40. The van der Waals surface area contributed by atoms with Crippen molar-refractivity contribution in [3.8, 4) is 0 Å². The first kappa shape index (κ1) is 22.6. The summed E-state index contributed by atoms with van der Waals surface area (Å²) in [6.45, 7) is 5.74. The number of piperazine rings is 1. The van der Waals surface area contributed by atoms with Gasteiger partial charge in [0.1, 0.15) is 0 Å². The van der Waals surface area contributed by atoms with Crippen LogP contribution in [0.15, 0.2) is 35.2 Å². The van der Waals surface area contributed by atoms with E-state index >= 15 is 0 Å². The van der Waals surface area contributed by atoms with Gasteiger partial charge in [-0.15, -0.1) is 0 Å². The van der Waals surface area contributed by atoms with Gasteiger partial charge in [0, 0.05) is 51.7 Å². The van der Waals surface area contributed by atoms with Gasteiger partial charge in [-0.3, -0.25) is 9.69 Å². The Hall–Kier alpha value is -2.13. The van der Waals surface area contributed by atoms with Crippen molar-refractivity contribution in [1.82, 2.24) is 14.7 Å². The second kappa shape index (κ2) is 10.3. The van der Waals surface area contributed by atoms with E-state index in [-0.39, 0.29) is 30.3 Å². The molecule has 30 heavy (non-hydrogen) atoms. The van der Waals surface area contributed by atoms with E-state index in [1.807, 2.05) is 0 Å². The number of hydrogen-bond acceptors (Lipinski definition) is 6. The van der Waals surface area contributed by atoms with E-state index in [0.717, 1.165) is 25.9 Å². The summed E-state index contributed by atoms with van der Waals surface area (Å²) in [5.74, 6) is -0.0445. The third-order valence-electron chi connectivity index (χ3n) is 5.87. The third-order valence-corrected chi connectivity index (χ3v) is 7.58. The molecule has 0 aromatic heterocycles. The molecule has 2 saturated heterocycles. The van der Waals surface area contributed by atoms with Gasteiger partial charge in [-0.1, -0.05) is 18.2 Å². The van der Waals surface area contributed by atoms with Crippen LogP contribution in [-0.2, 0) is 19.4 Å². The first-order chi connectivity index (χ1) is 14.4. The summed E-state index contributed by atoms with van der Waals surface area (Å²) in [5, 5.41) is 0. The fourth-order valence-corrected chi connectivity index (χ4v) is 5.35. The van der Waals surface area contributed by atoms with E-state index in [2.05, 4.69) is 4.90 Å². The highest BCUT2D eigenvalue weighted by molar-refractivity contribution is 7.91. The zero-order valence-corrected chi connectivity index (χ0v) is 18.3. The largest absolute Gasteiger partial charge is 0.450 e. The molecule has 9 heteroatoms. The quantitative estimate of drug-likeness (QED) is 0.672. The molecule has 2 heterocycles. The van der Waals surface area contributed by atoms with Gasteiger partial charge in [0.2, 0.25) is 5.91 Å². The Morgan fingerprint density at radius 3 is 2.43 bits per heavy atom. The van der Waals surface area contributed by atoms with Crippen molar-refractivity contribution in [2.24, 2.45) is 0 Å². The molecule has 3 rings (SSSR count). The number of likely N-dealkylation sites (tertiary alicyclic amines) is 1. The van der Waals surface area contributed by atoms with Crippen LogP contribution in [0.4, 0.5) is 4.79 Å². The SMILES string of the molecule is CCOC(=O)N1CCN(C2CCC(=O)N(CCS(=O)(=O)c3ccccc3)CC2)CC1. The predicted octanol–water partition coefficient (Wildman–Crippen LogP) is 1.62. The molecule has 2 fully saturated rings. The molecule has 1 unspecified atom stereocenters. The molecule has 1 aromatic rings. The van der Waals surface area contributed by atoms with Crippen LogP contribution in [0.5, 0.6) is 0 Å². The average Bonchev–Trinajstić information content (AvgIpc) is 2.95. The normalized spacial score (nSPS) is 21.4. The minimum Gasteiger partial charge on any atom is -0.450 e. The monoisotopic (exact) mass is 437 g/mol. The Kier molecular flexibility index (Phi) is 7.71.